The van der Waals surface area contributed by atoms with Crippen molar-refractivity contribution in [2.45, 2.75) is 6.36 Å². The Morgan fingerprint density at radius 3 is 2.46 bits per heavy atom. The van der Waals surface area contributed by atoms with E-state index in [2.05, 4.69) is 15.4 Å². The van der Waals surface area contributed by atoms with Gasteiger partial charge in [-0.1, -0.05) is 6.07 Å². The number of nitrogens with zero attached hydrogens (tertiary/aromatic N) is 1. The summed E-state index contributed by atoms with van der Waals surface area (Å²) in [6.45, 7) is -0.0598. The zero-order valence-electron chi connectivity index (χ0n) is 12.2. The van der Waals surface area contributed by atoms with Crippen LogP contribution in [-0.4, -0.2) is 18.8 Å². The van der Waals surface area contributed by atoms with Gasteiger partial charge in [0.05, 0.1) is 18.2 Å². The summed E-state index contributed by atoms with van der Waals surface area (Å²) in [6.07, 6.45) is -4.76. The molecule has 8 heteroatoms. The molecule has 0 saturated carbocycles. The number of ether oxygens (including phenoxy) is 1. The molecule has 0 aliphatic heterocycles. The summed E-state index contributed by atoms with van der Waals surface area (Å²) < 4.78 is 39.9. The molecular formula is C16H12F3N3O2. The summed E-state index contributed by atoms with van der Waals surface area (Å²) in [4.78, 5) is 11.8. The van der Waals surface area contributed by atoms with E-state index >= 15 is 0 Å². The number of amides is 1. The number of anilines is 2. The van der Waals surface area contributed by atoms with E-state index in [9.17, 15) is 18.0 Å². The Balaban J connectivity index is 1.87. The molecule has 2 aromatic carbocycles. The van der Waals surface area contributed by atoms with Crippen LogP contribution in [0.5, 0.6) is 5.75 Å². The minimum absolute atomic E-state index is 0.0598. The van der Waals surface area contributed by atoms with Crippen LogP contribution < -0.4 is 15.4 Å². The summed E-state index contributed by atoms with van der Waals surface area (Å²) in [5.41, 5.74) is 1.40. The first-order chi connectivity index (χ1) is 11.4. The Morgan fingerprint density at radius 1 is 1.12 bits per heavy atom. The molecule has 2 rings (SSSR count). The van der Waals surface area contributed by atoms with Crippen LogP contribution in [0.3, 0.4) is 0 Å². The first-order valence-electron chi connectivity index (χ1n) is 6.75. The third-order valence-corrected chi connectivity index (χ3v) is 2.82. The van der Waals surface area contributed by atoms with Crippen molar-refractivity contribution in [1.82, 2.24) is 0 Å². The number of halogens is 3. The minimum atomic E-state index is -4.76. The molecule has 0 atom stereocenters. The quantitative estimate of drug-likeness (QED) is 0.877. The number of nitrogens with one attached hydrogen (secondary N) is 2. The average Bonchev–Trinajstić information content (AvgIpc) is 2.54. The molecule has 0 aliphatic carbocycles. The molecule has 0 fully saturated rings. The highest BCUT2D eigenvalue weighted by Gasteiger charge is 2.30. The molecule has 0 aliphatic rings. The number of alkyl halides is 3. The Kier molecular flexibility index (Phi) is 5.27. The van der Waals surface area contributed by atoms with Crippen LogP contribution in [-0.2, 0) is 4.79 Å². The number of nitriles is 1. The van der Waals surface area contributed by atoms with E-state index in [4.69, 9.17) is 5.26 Å². The van der Waals surface area contributed by atoms with Crippen molar-refractivity contribution in [2.75, 3.05) is 17.2 Å². The maximum atomic E-state index is 12.0. The van der Waals surface area contributed by atoms with Gasteiger partial charge >= 0.3 is 6.36 Å². The van der Waals surface area contributed by atoms with Gasteiger partial charge in [0.1, 0.15) is 5.75 Å². The monoisotopic (exact) mass is 335 g/mol. The Labute approximate surface area is 135 Å². The van der Waals surface area contributed by atoms with Gasteiger partial charge in [-0.2, -0.15) is 5.26 Å². The molecule has 0 aromatic heterocycles. The van der Waals surface area contributed by atoms with Crippen LogP contribution in [0.1, 0.15) is 5.56 Å². The molecule has 2 N–H and O–H groups in total. The molecule has 0 unspecified atom stereocenters. The van der Waals surface area contributed by atoms with Crippen molar-refractivity contribution in [3.8, 4) is 11.8 Å². The van der Waals surface area contributed by atoms with E-state index in [0.29, 0.717) is 16.9 Å². The highest BCUT2D eigenvalue weighted by molar-refractivity contribution is 5.93. The lowest BCUT2D eigenvalue weighted by atomic mass is 10.2. The second-order valence-corrected chi connectivity index (χ2v) is 4.67. The van der Waals surface area contributed by atoms with Crippen LogP contribution in [0.25, 0.3) is 0 Å². The number of carbonyl (C=O) groups is 1. The first-order valence-corrected chi connectivity index (χ1v) is 6.75. The van der Waals surface area contributed by atoms with Gasteiger partial charge in [-0.3, -0.25) is 4.79 Å². The van der Waals surface area contributed by atoms with Crippen molar-refractivity contribution in [3.63, 3.8) is 0 Å². The van der Waals surface area contributed by atoms with Crippen LogP contribution in [0.15, 0.2) is 48.5 Å². The molecule has 0 bridgehead atoms. The van der Waals surface area contributed by atoms with Gasteiger partial charge in [0.15, 0.2) is 0 Å². The first kappa shape index (κ1) is 17.1. The maximum absolute atomic E-state index is 12.0. The summed E-state index contributed by atoms with van der Waals surface area (Å²) in [5, 5.41) is 14.2. The lowest BCUT2D eigenvalue weighted by Gasteiger charge is -2.10. The van der Waals surface area contributed by atoms with Gasteiger partial charge in [0, 0.05) is 11.4 Å². The smallest absolute Gasteiger partial charge is 0.406 e. The molecule has 124 valence electrons. The topological polar surface area (TPSA) is 74.2 Å². The largest absolute Gasteiger partial charge is 0.573 e. The van der Waals surface area contributed by atoms with E-state index in [-0.39, 0.29) is 18.2 Å². The highest BCUT2D eigenvalue weighted by atomic mass is 19.4. The summed E-state index contributed by atoms with van der Waals surface area (Å²) in [5.74, 6) is -0.756. The summed E-state index contributed by atoms with van der Waals surface area (Å²) >= 11 is 0. The van der Waals surface area contributed by atoms with E-state index in [1.807, 2.05) is 6.07 Å². The van der Waals surface area contributed by atoms with Gasteiger partial charge in [0.25, 0.3) is 0 Å². The molecule has 0 radical (unpaired) electrons. The van der Waals surface area contributed by atoms with E-state index in [0.717, 1.165) is 12.1 Å². The second kappa shape index (κ2) is 7.37. The van der Waals surface area contributed by atoms with Gasteiger partial charge in [-0.05, 0) is 42.5 Å². The van der Waals surface area contributed by atoms with Gasteiger partial charge < -0.3 is 15.4 Å². The van der Waals surface area contributed by atoms with Crippen molar-refractivity contribution in [3.05, 3.63) is 54.1 Å². The summed E-state index contributed by atoms with van der Waals surface area (Å²) in [6, 6.07) is 13.4. The van der Waals surface area contributed by atoms with Crippen molar-refractivity contribution < 1.29 is 22.7 Å². The molecular weight excluding hydrogens is 323 g/mol. The SMILES string of the molecule is N#Cc1cccc(NCC(=O)Nc2ccc(OC(F)(F)F)cc2)c1. The maximum Gasteiger partial charge on any atom is 0.573 e. The third-order valence-electron chi connectivity index (χ3n) is 2.82. The molecule has 0 saturated heterocycles. The molecule has 1 amide bonds. The Hall–Kier alpha value is -3.21. The van der Waals surface area contributed by atoms with E-state index < -0.39 is 6.36 Å². The molecule has 2 aromatic rings. The highest BCUT2D eigenvalue weighted by Crippen LogP contribution is 2.23. The zero-order valence-corrected chi connectivity index (χ0v) is 12.2. The predicted octanol–water partition coefficient (Wildman–Crippen LogP) is 3.51. The lowest BCUT2D eigenvalue weighted by Crippen LogP contribution is -2.21. The van der Waals surface area contributed by atoms with Crippen molar-refractivity contribution >= 4 is 17.3 Å². The average molecular weight is 335 g/mol. The van der Waals surface area contributed by atoms with E-state index in [1.54, 1.807) is 24.3 Å². The molecule has 24 heavy (non-hydrogen) atoms. The lowest BCUT2D eigenvalue weighted by molar-refractivity contribution is -0.274. The van der Waals surface area contributed by atoms with Crippen LogP contribution in [0, 0.1) is 11.3 Å². The molecule has 5 nitrogen and oxygen atoms in total. The number of benzene rings is 2. The van der Waals surface area contributed by atoms with Crippen LogP contribution >= 0.6 is 0 Å². The third kappa shape index (κ3) is 5.53. The van der Waals surface area contributed by atoms with Gasteiger partial charge in [-0.15, -0.1) is 13.2 Å². The molecule has 0 heterocycles. The van der Waals surface area contributed by atoms with E-state index in [1.165, 1.54) is 12.1 Å². The predicted molar refractivity (Wildman–Crippen MR) is 81.4 cm³/mol. The number of rotatable bonds is 5. The van der Waals surface area contributed by atoms with Gasteiger partial charge in [-0.25, -0.2) is 0 Å². The fourth-order valence-electron chi connectivity index (χ4n) is 1.83. The van der Waals surface area contributed by atoms with Crippen molar-refractivity contribution in [2.24, 2.45) is 0 Å². The standard InChI is InChI=1S/C16H12F3N3O2/c17-16(18,19)24-14-6-4-12(5-7-14)22-15(23)10-21-13-3-1-2-11(8-13)9-20/h1-8,21H,10H2,(H,22,23). The normalized spacial score (nSPS) is 10.6. The fraction of sp³-hybridized carbons (Fsp3) is 0.125. The summed E-state index contributed by atoms with van der Waals surface area (Å²) in [7, 11) is 0. The van der Waals surface area contributed by atoms with Gasteiger partial charge in [0.2, 0.25) is 5.91 Å². The number of hydrogen-bond donors (Lipinski definition) is 2. The number of hydrogen-bond acceptors (Lipinski definition) is 4. The number of carbonyl (C=O) groups excluding carboxylic acids is 1. The van der Waals surface area contributed by atoms with Crippen molar-refractivity contribution in [1.29, 1.82) is 5.26 Å². The fourth-order valence-corrected chi connectivity index (χ4v) is 1.83. The van der Waals surface area contributed by atoms with Crippen LogP contribution in [0.4, 0.5) is 24.5 Å². The second-order valence-electron chi connectivity index (χ2n) is 4.67. The minimum Gasteiger partial charge on any atom is -0.406 e. The zero-order chi connectivity index (χ0) is 17.6. The molecule has 0 spiro atoms. The Morgan fingerprint density at radius 2 is 1.83 bits per heavy atom. The Bertz CT molecular complexity index is 752. The van der Waals surface area contributed by atoms with Crippen LogP contribution in [0.2, 0.25) is 0 Å².